The summed E-state index contributed by atoms with van der Waals surface area (Å²) in [7, 11) is 1.33. The SMILES string of the molecule is CCc1cc(C(=O)OC)c(N)[nH]1. The fourth-order valence-corrected chi connectivity index (χ4v) is 0.998. The maximum absolute atomic E-state index is 11.0. The number of methoxy groups -OCH3 is 1. The van der Waals surface area contributed by atoms with E-state index in [0.29, 0.717) is 11.4 Å². The van der Waals surface area contributed by atoms with Gasteiger partial charge in [-0.15, -0.1) is 0 Å². The van der Waals surface area contributed by atoms with E-state index < -0.39 is 5.97 Å². The molecule has 12 heavy (non-hydrogen) atoms. The second-order valence-corrected chi connectivity index (χ2v) is 2.47. The van der Waals surface area contributed by atoms with Gasteiger partial charge in [-0.3, -0.25) is 0 Å². The summed E-state index contributed by atoms with van der Waals surface area (Å²) in [4.78, 5) is 13.9. The zero-order valence-corrected chi connectivity index (χ0v) is 7.18. The number of hydrogen-bond donors (Lipinski definition) is 2. The van der Waals surface area contributed by atoms with Gasteiger partial charge in [0.1, 0.15) is 11.4 Å². The van der Waals surface area contributed by atoms with E-state index in [1.165, 1.54) is 7.11 Å². The number of aryl methyl sites for hydroxylation is 1. The Morgan fingerprint density at radius 3 is 2.83 bits per heavy atom. The molecule has 0 aromatic carbocycles. The van der Waals surface area contributed by atoms with E-state index in [4.69, 9.17) is 5.73 Å². The first kappa shape index (κ1) is 8.64. The predicted octanol–water partition coefficient (Wildman–Crippen LogP) is 0.946. The summed E-state index contributed by atoms with van der Waals surface area (Å²) < 4.78 is 4.54. The Morgan fingerprint density at radius 2 is 2.42 bits per heavy atom. The van der Waals surface area contributed by atoms with Gasteiger partial charge in [0.25, 0.3) is 0 Å². The van der Waals surface area contributed by atoms with Crippen LogP contribution in [-0.2, 0) is 11.2 Å². The minimum atomic E-state index is -0.400. The molecule has 0 amide bonds. The number of aromatic nitrogens is 1. The first-order valence-corrected chi connectivity index (χ1v) is 3.74. The third kappa shape index (κ3) is 1.42. The summed E-state index contributed by atoms with van der Waals surface area (Å²) in [5.74, 6) is -0.0258. The molecule has 1 aromatic rings. The molecular formula is C8H12N2O2. The molecule has 0 atom stereocenters. The molecule has 1 rings (SSSR count). The number of carbonyl (C=O) groups excluding carboxylic acids is 1. The van der Waals surface area contributed by atoms with E-state index in [1.54, 1.807) is 6.07 Å². The smallest absolute Gasteiger partial charge is 0.341 e. The lowest BCUT2D eigenvalue weighted by Crippen LogP contribution is -2.02. The van der Waals surface area contributed by atoms with Gasteiger partial charge in [0.15, 0.2) is 0 Å². The van der Waals surface area contributed by atoms with Gasteiger partial charge in [0.05, 0.1) is 7.11 Å². The lowest BCUT2D eigenvalue weighted by atomic mass is 10.2. The maximum Gasteiger partial charge on any atom is 0.341 e. The van der Waals surface area contributed by atoms with Gasteiger partial charge in [-0.2, -0.15) is 0 Å². The largest absolute Gasteiger partial charge is 0.465 e. The Kier molecular flexibility index (Phi) is 2.38. The van der Waals surface area contributed by atoms with Crippen LogP contribution < -0.4 is 5.73 Å². The second kappa shape index (κ2) is 3.30. The van der Waals surface area contributed by atoms with Crippen molar-refractivity contribution in [3.8, 4) is 0 Å². The van der Waals surface area contributed by atoms with Crippen LogP contribution in [0.1, 0.15) is 23.0 Å². The van der Waals surface area contributed by atoms with E-state index in [2.05, 4.69) is 9.72 Å². The number of ether oxygens (including phenoxy) is 1. The molecule has 0 aliphatic rings. The van der Waals surface area contributed by atoms with E-state index in [-0.39, 0.29) is 0 Å². The van der Waals surface area contributed by atoms with Gasteiger partial charge in [-0.25, -0.2) is 4.79 Å². The number of esters is 1. The van der Waals surface area contributed by atoms with Crippen molar-refractivity contribution in [1.29, 1.82) is 0 Å². The van der Waals surface area contributed by atoms with Gasteiger partial charge in [-0.05, 0) is 12.5 Å². The van der Waals surface area contributed by atoms with Crippen molar-refractivity contribution in [2.75, 3.05) is 12.8 Å². The molecule has 0 bridgehead atoms. The average molecular weight is 168 g/mol. The predicted molar refractivity (Wildman–Crippen MR) is 45.9 cm³/mol. The summed E-state index contributed by atoms with van der Waals surface area (Å²) in [6.45, 7) is 1.98. The minimum absolute atomic E-state index is 0.374. The third-order valence-electron chi connectivity index (χ3n) is 1.69. The lowest BCUT2D eigenvalue weighted by Gasteiger charge is -1.94. The van der Waals surface area contributed by atoms with Gasteiger partial charge >= 0.3 is 5.97 Å². The Labute approximate surface area is 70.7 Å². The summed E-state index contributed by atoms with van der Waals surface area (Å²) in [6.07, 6.45) is 0.821. The molecule has 0 aliphatic heterocycles. The van der Waals surface area contributed by atoms with Crippen LogP contribution in [0, 0.1) is 0 Å². The highest BCUT2D eigenvalue weighted by Crippen LogP contribution is 2.14. The number of nitrogens with two attached hydrogens (primary N) is 1. The van der Waals surface area contributed by atoms with Crippen molar-refractivity contribution in [2.24, 2.45) is 0 Å². The number of nitrogens with one attached hydrogen (secondary N) is 1. The molecule has 0 spiro atoms. The molecule has 0 saturated carbocycles. The van der Waals surface area contributed by atoms with Crippen LogP contribution in [0.2, 0.25) is 0 Å². The van der Waals surface area contributed by atoms with Crippen LogP contribution in [0.3, 0.4) is 0 Å². The Balaban J connectivity index is 2.99. The Morgan fingerprint density at radius 1 is 1.75 bits per heavy atom. The Bertz CT molecular complexity index is 291. The molecule has 3 N–H and O–H groups in total. The molecule has 4 nitrogen and oxygen atoms in total. The van der Waals surface area contributed by atoms with Crippen molar-refractivity contribution in [3.63, 3.8) is 0 Å². The molecular weight excluding hydrogens is 156 g/mol. The van der Waals surface area contributed by atoms with E-state index >= 15 is 0 Å². The molecule has 0 aliphatic carbocycles. The number of aromatic amines is 1. The molecule has 0 unspecified atom stereocenters. The fourth-order valence-electron chi connectivity index (χ4n) is 0.998. The van der Waals surface area contributed by atoms with Gasteiger partial charge in [0.2, 0.25) is 0 Å². The van der Waals surface area contributed by atoms with Gasteiger partial charge < -0.3 is 15.5 Å². The normalized spacial score (nSPS) is 9.83. The standard InChI is InChI=1S/C8H12N2O2/c1-3-5-4-6(7(9)10-5)8(11)12-2/h4,10H,3,9H2,1-2H3. The van der Waals surface area contributed by atoms with E-state index in [9.17, 15) is 4.79 Å². The fraction of sp³-hybridized carbons (Fsp3) is 0.375. The van der Waals surface area contributed by atoms with Crippen LogP contribution in [0.15, 0.2) is 6.07 Å². The van der Waals surface area contributed by atoms with E-state index in [0.717, 1.165) is 12.1 Å². The quantitative estimate of drug-likeness (QED) is 0.646. The molecule has 0 fully saturated rings. The number of nitrogen functional groups attached to an aromatic ring is 1. The van der Waals surface area contributed by atoms with Crippen molar-refractivity contribution in [2.45, 2.75) is 13.3 Å². The second-order valence-electron chi connectivity index (χ2n) is 2.47. The number of anilines is 1. The molecule has 4 heteroatoms. The highest BCUT2D eigenvalue weighted by atomic mass is 16.5. The summed E-state index contributed by atoms with van der Waals surface area (Å²) in [5, 5.41) is 0. The van der Waals surface area contributed by atoms with Crippen LogP contribution in [0.25, 0.3) is 0 Å². The van der Waals surface area contributed by atoms with Crippen LogP contribution in [-0.4, -0.2) is 18.1 Å². The van der Waals surface area contributed by atoms with Crippen LogP contribution in [0.4, 0.5) is 5.82 Å². The minimum Gasteiger partial charge on any atom is -0.465 e. The number of rotatable bonds is 2. The summed E-state index contributed by atoms with van der Waals surface area (Å²) in [5.41, 5.74) is 6.89. The average Bonchev–Trinajstić information content (AvgIpc) is 2.45. The number of hydrogen-bond acceptors (Lipinski definition) is 3. The monoisotopic (exact) mass is 168 g/mol. The van der Waals surface area contributed by atoms with Gasteiger partial charge in [-0.1, -0.05) is 6.92 Å². The van der Waals surface area contributed by atoms with Gasteiger partial charge in [0, 0.05) is 5.69 Å². The molecule has 0 radical (unpaired) electrons. The first-order chi connectivity index (χ1) is 5.69. The number of carbonyl (C=O) groups is 1. The van der Waals surface area contributed by atoms with Crippen molar-refractivity contribution >= 4 is 11.8 Å². The molecule has 66 valence electrons. The topological polar surface area (TPSA) is 68.1 Å². The van der Waals surface area contributed by atoms with Crippen LogP contribution >= 0.6 is 0 Å². The van der Waals surface area contributed by atoms with Crippen molar-refractivity contribution in [3.05, 3.63) is 17.3 Å². The zero-order chi connectivity index (χ0) is 9.14. The van der Waals surface area contributed by atoms with Crippen molar-refractivity contribution in [1.82, 2.24) is 4.98 Å². The lowest BCUT2D eigenvalue weighted by molar-refractivity contribution is 0.0602. The molecule has 0 saturated heterocycles. The highest BCUT2D eigenvalue weighted by Gasteiger charge is 2.12. The van der Waals surface area contributed by atoms with Crippen LogP contribution in [0.5, 0.6) is 0 Å². The first-order valence-electron chi connectivity index (χ1n) is 3.74. The third-order valence-corrected chi connectivity index (χ3v) is 1.69. The summed E-state index contributed by atoms with van der Waals surface area (Å²) in [6, 6.07) is 1.71. The summed E-state index contributed by atoms with van der Waals surface area (Å²) >= 11 is 0. The Hall–Kier alpha value is -1.45. The molecule has 1 heterocycles. The maximum atomic E-state index is 11.0. The molecule has 1 aromatic heterocycles. The highest BCUT2D eigenvalue weighted by molar-refractivity contribution is 5.94. The number of H-pyrrole nitrogens is 1. The van der Waals surface area contributed by atoms with Crippen molar-refractivity contribution < 1.29 is 9.53 Å². The zero-order valence-electron chi connectivity index (χ0n) is 7.18. The van der Waals surface area contributed by atoms with E-state index in [1.807, 2.05) is 6.92 Å².